The molecule has 0 aromatic carbocycles. The van der Waals surface area contributed by atoms with Crippen LogP contribution in [0.2, 0.25) is 0 Å². The summed E-state index contributed by atoms with van der Waals surface area (Å²) in [5.41, 5.74) is -2.42. The average molecular weight is 537 g/mol. The lowest BCUT2D eigenvalue weighted by atomic mass is 9.34. The molecule has 214 valence electrons. The molecule has 0 saturated heterocycles. The van der Waals surface area contributed by atoms with Crippen molar-refractivity contribution in [3.63, 3.8) is 0 Å². The number of rotatable bonds is 9. The summed E-state index contributed by atoms with van der Waals surface area (Å²) in [5.74, 6) is -4.93. The van der Waals surface area contributed by atoms with E-state index in [2.05, 4.69) is 13.0 Å². The van der Waals surface area contributed by atoms with E-state index in [1.165, 1.54) is 0 Å². The van der Waals surface area contributed by atoms with E-state index < -0.39 is 72.4 Å². The fraction of sp³-hybridized carbons (Fsp3) is 0.828. The minimum Gasteiger partial charge on any atom is -0.481 e. The lowest BCUT2D eigenvalue weighted by Gasteiger charge is -2.68. The second kappa shape index (κ2) is 9.89. The van der Waals surface area contributed by atoms with Gasteiger partial charge in [-0.1, -0.05) is 38.8 Å². The smallest absolute Gasteiger partial charge is 0.310 e. The first-order valence-corrected chi connectivity index (χ1v) is 13.9. The number of carboxylic acids is 2. The molecule has 0 aliphatic heterocycles. The highest BCUT2D eigenvalue weighted by Crippen LogP contribution is 2.73. The maximum atomic E-state index is 13.9. The molecule has 0 amide bonds. The van der Waals surface area contributed by atoms with Gasteiger partial charge in [-0.25, -0.2) is 0 Å². The highest BCUT2D eigenvalue weighted by Gasteiger charge is 2.71. The zero-order valence-corrected chi connectivity index (χ0v) is 23.0. The van der Waals surface area contributed by atoms with Gasteiger partial charge in [-0.05, 0) is 68.1 Å². The molecule has 5 rings (SSSR count). The van der Waals surface area contributed by atoms with Gasteiger partial charge in [-0.2, -0.15) is 0 Å². The third kappa shape index (κ3) is 4.03. The Hall–Kier alpha value is -1.97. The molecule has 5 N–H and O–H groups in total. The van der Waals surface area contributed by atoms with Crippen LogP contribution >= 0.6 is 0 Å². The van der Waals surface area contributed by atoms with Crippen molar-refractivity contribution in [2.45, 2.75) is 66.2 Å². The summed E-state index contributed by atoms with van der Waals surface area (Å²) >= 11 is 0. The highest BCUT2D eigenvalue weighted by molar-refractivity contribution is 5.84. The molecule has 0 heterocycles. The largest absolute Gasteiger partial charge is 0.481 e. The number of ether oxygens (including phenoxy) is 1. The van der Waals surface area contributed by atoms with E-state index in [1.807, 2.05) is 20.8 Å². The van der Waals surface area contributed by atoms with Gasteiger partial charge in [0.25, 0.3) is 0 Å². The number of fused-ring (bicyclic) bond motifs is 2. The Kier molecular flexibility index (Phi) is 7.56. The molecule has 0 radical (unpaired) electrons. The van der Waals surface area contributed by atoms with Crippen LogP contribution in [0.3, 0.4) is 0 Å². The molecule has 3 fully saturated rings. The minimum absolute atomic E-state index is 0.0772. The second-order valence-electron chi connectivity index (χ2n) is 13.4. The molecule has 38 heavy (non-hydrogen) atoms. The van der Waals surface area contributed by atoms with Gasteiger partial charge >= 0.3 is 17.9 Å². The van der Waals surface area contributed by atoms with Crippen LogP contribution in [0, 0.1) is 57.2 Å². The summed E-state index contributed by atoms with van der Waals surface area (Å²) in [4.78, 5) is 39.1. The fourth-order valence-electron chi connectivity index (χ4n) is 9.14. The molecule has 9 heteroatoms. The number of allylic oxidation sites excluding steroid dienone is 2. The Bertz CT molecular complexity index is 992. The number of hydrogen-bond donors (Lipinski definition) is 5. The summed E-state index contributed by atoms with van der Waals surface area (Å²) in [6.07, 6.45) is 6.02. The molecule has 2 bridgehead atoms. The number of esters is 1. The van der Waals surface area contributed by atoms with Gasteiger partial charge in [-0.3, -0.25) is 14.4 Å². The average Bonchev–Trinajstić information content (AvgIpc) is 2.88. The lowest BCUT2D eigenvalue weighted by Crippen LogP contribution is -2.66. The summed E-state index contributed by atoms with van der Waals surface area (Å²) in [7, 11) is 0. The van der Waals surface area contributed by atoms with Crippen LogP contribution in [0.25, 0.3) is 0 Å². The maximum absolute atomic E-state index is 13.9. The van der Waals surface area contributed by atoms with Gasteiger partial charge in [0.2, 0.25) is 0 Å². The van der Waals surface area contributed by atoms with Gasteiger partial charge in [0, 0.05) is 5.41 Å². The van der Waals surface area contributed by atoms with Crippen LogP contribution < -0.4 is 0 Å². The Morgan fingerprint density at radius 2 is 1.66 bits per heavy atom. The number of aliphatic hydroxyl groups excluding tert-OH is 3. The van der Waals surface area contributed by atoms with Gasteiger partial charge < -0.3 is 30.3 Å². The molecule has 1 spiro atoms. The zero-order chi connectivity index (χ0) is 28.3. The highest BCUT2D eigenvalue weighted by atomic mass is 16.5. The molecule has 0 aromatic rings. The Balaban J connectivity index is 1.81. The molecule has 3 saturated carbocycles. The number of carbonyl (C=O) groups excluding carboxylic acids is 1. The quantitative estimate of drug-likeness (QED) is 0.220. The van der Waals surface area contributed by atoms with Crippen molar-refractivity contribution in [2.75, 3.05) is 26.4 Å². The molecular weight excluding hydrogens is 492 g/mol. The van der Waals surface area contributed by atoms with Crippen molar-refractivity contribution >= 4 is 17.9 Å². The van der Waals surface area contributed by atoms with Crippen LogP contribution in [-0.2, 0) is 19.1 Å². The van der Waals surface area contributed by atoms with Crippen LogP contribution in [-0.4, -0.2) is 69.9 Å². The van der Waals surface area contributed by atoms with E-state index in [0.717, 1.165) is 18.4 Å². The van der Waals surface area contributed by atoms with Crippen molar-refractivity contribution in [3.05, 3.63) is 11.6 Å². The van der Waals surface area contributed by atoms with Crippen molar-refractivity contribution in [3.8, 4) is 0 Å². The van der Waals surface area contributed by atoms with Crippen LogP contribution in [0.4, 0.5) is 0 Å². The Labute approximate surface area is 224 Å². The minimum atomic E-state index is -1.42. The van der Waals surface area contributed by atoms with Gasteiger partial charge in [0.1, 0.15) is 6.61 Å². The number of aliphatic hydroxyl groups is 3. The molecule has 0 aromatic heterocycles. The normalized spacial score (nSPS) is 40.2. The van der Waals surface area contributed by atoms with Crippen LogP contribution in [0.1, 0.15) is 66.2 Å². The lowest BCUT2D eigenvalue weighted by molar-refractivity contribution is -0.211. The van der Waals surface area contributed by atoms with E-state index in [-0.39, 0.29) is 29.1 Å². The number of hydrogen-bond acceptors (Lipinski definition) is 7. The predicted molar refractivity (Wildman–Crippen MR) is 137 cm³/mol. The number of carboxylic acid groups (broad SMARTS) is 2. The van der Waals surface area contributed by atoms with E-state index in [9.17, 15) is 39.9 Å². The van der Waals surface area contributed by atoms with Crippen molar-refractivity contribution in [2.24, 2.45) is 57.2 Å². The van der Waals surface area contributed by atoms with Crippen molar-refractivity contribution in [1.29, 1.82) is 0 Å². The van der Waals surface area contributed by atoms with E-state index in [0.29, 0.717) is 25.7 Å². The van der Waals surface area contributed by atoms with Crippen molar-refractivity contribution in [1.82, 2.24) is 0 Å². The predicted octanol–water partition coefficient (Wildman–Crippen LogP) is 2.72. The summed E-state index contributed by atoms with van der Waals surface area (Å²) in [6.45, 7) is 5.86. The van der Waals surface area contributed by atoms with Crippen LogP contribution in [0.15, 0.2) is 11.6 Å². The molecule has 8 atom stereocenters. The first-order chi connectivity index (χ1) is 17.8. The zero-order valence-electron chi connectivity index (χ0n) is 23.0. The van der Waals surface area contributed by atoms with Gasteiger partial charge in [0.15, 0.2) is 0 Å². The first kappa shape index (κ1) is 29.0. The van der Waals surface area contributed by atoms with Crippen molar-refractivity contribution < 1.29 is 44.7 Å². The molecule has 5 aliphatic rings. The Morgan fingerprint density at radius 1 is 1.03 bits per heavy atom. The summed E-state index contributed by atoms with van der Waals surface area (Å²) < 4.78 is 5.63. The van der Waals surface area contributed by atoms with E-state index in [4.69, 9.17) is 4.74 Å². The monoisotopic (exact) mass is 536 g/mol. The van der Waals surface area contributed by atoms with Gasteiger partial charge in [-0.15, -0.1) is 0 Å². The maximum Gasteiger partial charge on any atom is 0.310 e. The fourth-order valence-corrected chi connectivity index (χ4v) is 9.14. The van der Waals surface area contributed by atoms with E-state index >= 15 is 0 Å². The Morgan fingerprint density at radius 3 is 2.18 bits per heavy atom. The molecule has 8 unspecified atom stereocenters. The standard InChI is InChI=1S/C29H44O9/c1-16(2)18-11-29-9-6-19-26(3,7-5-8-27(19,4)25(36)37)20(29)10-17(18)21(23(33)34)22(29)24(35)38-15-28(12-30,13-31)14-32/h11,16-17,19-22,30-32H,5-10,12-15H2,1-4H3,(H,33,34)(H,36,37). The summed E-state index contributed by atoms with van der Waals surface area (Å²) in [6, 6.07) is 0. The number of carbonyl (C=O) groups is 3. The molecule has 5 aliphatic carbocycles. The molecular formula is C29H44O9. The topological polar surface area (TPSA) is 162 Å². The van der Waals surface area contributed by atoms with Crippen LogP contribution in [0.5, 0.6) is 0 Å². The summed E-state index contributed by atoms with van der Waals surface area (Å²) in [5, 5.41) is 49.9. The third-order valence-electron chi connectivity index (χ3n) is 11.2. The van der Waals surface area contributed by atoms with E-state index in [1.54, 1.807) is 0 Å². The third-order valence-corrected chi connectivity index (χ3v) is 11.2. The SMILES string of the molecule is CC(C)C1=CC23CCC4C(C)(C(=O)O)CCCC4(C)C2CC1C(C(=O)O)C3C(=O)OCC(CO)(CO)CO. The van der Waals surface area contributed by atoms with Gasteiger partial charge in [0.05, 0.1) is 42.5 Å². The molecule has 9 nitrogen and oxygen atoms in total. The number of aliphatic carboxylic acids is 2. The first-order valence-electron chi connectivity index (χ1n) is 13.9. The second-order valence-corrected chi connectivity index (χ2v) is 13.4.